The Balaban J connectivity index is 2.32. The molecular formula is C19H36S. The zero-order chi connectivity index (χ0) is 15.1. The van der Waals surface area contributed by atoms with Gasteiger partial charge in [0.1, 0.15) is 0 Å². The first kappa shape index (κ1) is 16.5. The lowest BCUT2D eigenvalue weighted by atomic mass is 9.63. The van der Waals surface area contributed by atoms with E-state index in [0.717, 1.165) is 23.0 Å². The summed E-state index contributed by atoms with van der Waals surface area (Å²) in [6, 6.07) is 0. The second-order valence-electron chi connectivity index (χ2n) is 8.55. The minimum atomic E-state index is -0.595. The Hall–Kier alpha value is 0.0900. The fourth-order valence-electron chi connectivity index (χ4n) is 4.70. The van der Waals surface area contributed by atoms with Crippen molar-refractivity contribution in [2.75, 3.05) is 12.5 Å². The van der Waals surface area contributed by atoms with E-state index in [1.807, 2.05) is 0 Å². The van der Waals surface area contributed by atoms with Crippen LogP contribution in [0.1, 0.15) is 66.2 Å². The zero-order valence-corrected chi connectivity index (χ0v) is 15.5. The first-order chi connectivity index (χ1) is 9.20. The van der Waals surface area contributed by atoms with E-state index >= 15 is 0 Å². The molecule has 0 aromatic carbocycles. The van der Waals surface area contributed by atoms with Crippen molar-refractivity contribution in [1.29, 1.82) is 0 Å². The quantitative estimate of drug-likeness (QED) is 0.547. The van der Waals surface area contributed by atoms with Gasteiger partial charge in [-0.2, -0.15) is 0 Å². The van der Waals surface area contributed by atoms with Crippen LogP contribution in [0.2, 0.25) is 0 Å². The van der Waals surface area contributed by atoms with Gasteiger partial charge in [0.25, 0.3) is 0 Å². The van der Waals surface area contributed by atoms with Gasteiger partial charge in [0, 0.05) is 0 Å². The summed E-state index contributed by atoms with van der Waals surface area (Å²) in [4.78, 5) is 0. The average Bonchev–Trinajstić information content (AvgIpc) is 2.36. The SMILES string of the molecule is C=C1CC(S(C)(C)C(C)(C)C)C2CCCCC2C1CC. The van der Waals surface area contributed by atoms with E-state index in [1.165, 1.54) is 38.5 Å². The van der Waals surface area contributed by atoms with Crippen LogP contribution >= 0.6 is 10.0 Å². The van der Waals surface area contributed by atoms with Crippen LogP contribution in [-0.2, 0) is 0 Å². The van der Waals surface area contributed by atoms with E-state index in [-0.39, 0.29) is 0 Å². The molecule has 2 aliphatic carbocycles. The molecule has 0 bridgehead atoms. The Morgan fingerprint density at radius 2 is 1.65 bits per heavy atom. The molecule has 0 aromatic heterocycles. The van der Waals surface area contributed by atoms with Crippen molar-refractivity contribution in [2.24, 2.45) is 17.8 Å². The molecule has 1 heteroatoms. The molecule has 2 saturated carbocycles. The Labute approximate surface area is 129 Å². The van der Waals surface area contributed by atoms with Gasteiger partial charge in [-0.1, -0.05) is 52.7 Å². The molecule has 0 nitrogen and oxygen atoms in total. The maximum absolute atomic E-state index is 4.52. The van der Waals surface area contributed by atoms with E-state index < -0.39 is 10.0 Å². The molecule has 0 aliphatic heterocycles. The number of fused-ring (bicyclic) bond motifs is 1. The number of hydrogen-bond acceptors (Lipinski definition) is 0. The van der Waals surface area contributed by atoms with Crippen molar-refractivity contribution in [3.63, 3.8) is 0 Å². The molecule has 0 N–H and O–H groups in total. The molecule has 20 heavy (non-hydrogen) atoms. The predicted molar refractivity (Wildman–Crippen MR) is 96.0 cm³/mol. The van der Waals surface area contributed by atoms with Crippen molar-refractivity contribution >= 4 is 10.0 Å². The lowest BCUT2D eigenvalue weighted by Gasteiger charge is -2.59. The summed E-state index contributed by atoms with van der Waals surface area (Å²) in [6.07, 6.45) is 13.7. The fraction of sp³-hybridized carbons (Fsp3) is 0.895. The van der Waals surface area contributed by atoms with Crippen LogP contribution in [0.3, 0.4) is 0 Å². The van der Waals surface area contributed by atoms with Crippen molar-refractivity contribution in [1.82, 2.24) is 0 Å². The van der Waals surface area contributed by atoms with Crippen LogP contribution in [0.4, 0.5) is 0 Å². The van der Waals surface area contributed by atoms with Gasteiger partial charge < -0.3 is 0 Å². The van der Waals surface area contributed by atoms with E-state index in [9.17, 15) is 0 Å². The molecule has 0 radical (unpaired) electrons. The highest BCUT2D eigenvalue weighted by atomic mass is 32.3. The van der Waals surface area contributed by atoms with Crippen molar-refractivity contribution in [3.8, 4) is 0 Å². The highest BCUT2D eigenvalue weighted by molar-refractivity contribution is 8.34. The van der Waals surface area contributed by atoms with Gasteiger partial charge in [0.15, 0.2) is 0 Å². The second kappa shape index (κ2) is 5.71. The molecule has 2 rings (SSSR count). The largest absolute Gasteiger partial charge is 0.239 e. The Morgan fingerprint density at radius 1 is 1.10 bits per heavy atom. The van der Waals surface area contributed by atoms with Crippen LogP contribution in [0.5, 0.6) is 0 Å². The second-order valence-corrected chi connectivity index (χ2v) is 13.2. The summed E-state index contributed by atoms with van der Waals surface area (Å²) >= 11 is 0. The third kappa shape index (κ3) is 2.72. The fourth-order valence-corrected chi connectivity index (χ4v) is 7.46. The average molecular weight is 297 g/mol. The van der Waals surface area contributed by atoms with Crippen LogP contribution < -0.4 is 0 Å². The summed E-state index contributed by atoms with van der Waals surface area (Å²) in [5, 5.41) is 0.920. The third-order valence-corrected chi connectivity index (χ3v) is 11.8. The summed E-state index contributed by atoms with van der Waals surface area (Å²) in [5.74, 6) is 2.77. The standard InChI is InChI=1S/C19H36S/c1-8-15-14(2)13-18(20(6,7)19(3,4)5)17-12-10-9-11-16(15)17/h15-18H,2,8-13H2,1,3-7H3. The molecule has 118 valence electrons. The van der Waals surface area contributed by atoms with Gasteiger partial charge >= 0.3 is 0 Å². The lowest BCUT2D eigenvalue weighted by Crippen LogP contribution is -2.46. The molecular weight excluding hydrogens is 260 g/mol. The van der Waals surface area contributed by atoms with Crippen LogP contribution in [0, 0.1) is 17.8 Å². The van der Waals surface area contributed by atoms with Gasteiger partial charge in [0.2, 0.25) is 0 Å². The molecule has 0 amide bonds. The minimum absolute atomic E-state index is 0.457. The van der Waals surface area contributed by atoms with Gasteiger partial charge in [-0.3, -0.25) is 0 Å². The van der Waals surface area contributed by atoms with Gasteiger partial charge in [0.05, 0.1) is 0 Å². The van der Waals surface area contributed by atoms with Gasteiger partial charge in [-0.05, 0) is 65.9 Å². The van der Waals surface area contributed by atoms with Crippen LogP contribution in [-0.4, -0.2) is 22.5 Å². The molecule has 4 atom stereocenters. The predicted octanol–water partition coefficient (Wildman–Crippen LogP) is 6.01. The minimum Gasteiger partial charge on any atom is -0.239 e. The highest BCUT2D eigenvalue weighted by Gasteiger charge is 2.48. The Kier molecular flexibility index (Phi) is 4.70. The molecule has 2 aliphatic rings. The van der Waals surface area contributed by atoms with E-state index in [2.05, 4.69) is 46.8 Å². The van der Waals surface area contributed by atoms with E-state index in [4.69, 9.17) is 0 Å². The van der Waals surface area contributed by atoms with E-state index in [0.29, 0.717) is 4.75 Å². The summed E-state index contributed by atoms with van der Waals surface area (Å²) in [7, 11) is -0.595. The molecule has 0 heterocycles. The summed E-state index contributed by atoms with van der Waals surface area (Å²) in [5.41, 5.74) is 1.59. The normalized spacial score (nSPS) is 36.6. The van der Waals surface area contributed by atoms with Crippen LogP contribution in [0.15, 0.2) is 12.2 Å². The number of allylic oxidation sites excluding steroid dienone is 1. The molecule has 4 unspecified atom stereocenters. The Morgan fingerprint density at radius 3 is 2.15 bits per heavy atom. The monoisotopic (exact) mass is 296 g/mol. The lowest BCUT2D eigenvalue weighted by molar-refractivity contribution is 0.143. The Bertz CT molecular complexity index is 360. The van der Waals surface area contributed by atoms with Gasteiger partial charge in [-0.15, -0.1) is 0 Å². The maximum atomic E-state index is 4.52. The van der Waals surface area contributed by atoms with Crippen molar-refractivity contribution in [2.45, 2.75) is 76.2 Å². The topological polar surface area (TPSA) is 0 Å². The molecule has 0 spiro atoms. The summed E-state index contributed by atoms with van der Waals surface area (Å²) in [6.45, 7) is 14.3. The smallest absolute Gasteiger partial charge is 0.00438 e. The molecule has 2 fully saturated rings. The van der Waals surface area contributed by atoms with Crippen molar-refractivity contribution in [3.05, 3.63) is 12.2 Å². The van der Waals surface area contributed by atoms with E-state index in [1.54, 1.807) is 5.57 Å². The summed E-state index contributed by atoms with van der Waals surface area (Å²) < 4.78 is 0.457. The van der Waals surface area contributed by atoms with Gasteiger partial charge in [-0.25, -0.2) is 10.0 Å². The van der Waals surface area contributed by atoms with Crippen molar-refractivity contribution < 1.29 is 0 Å². The highest BCUT2D eigenvalue weighted by Crippen LogP contribution is 2.65. The zero-order valence-electron chi connectivity index (χ0n) is 14.7. The molecule has 0 saturated heterocycles. The molecule has 0 aromatic rings. The number of rotatable bonds is 2. The van der Waals surface area contributed by atoms with Crippen LogP contribution in [0.25, 0.3) is 0 Å². The first-order valence-electron chi connectivity index (χ1n) is 8.59. The maximum Gasteiger partial charge on any atom is -0.00438 e. The third-order valence-electron chi connectivity index (χ3n) is 6.63. The number of hydrogen-bond donors (Lipinski definition) is 0. The first-order valence-corrected chi connectivity index (χ1v) is 11.1.